The minimum atomic E-state index is -0.829. The average molecular weight is 539 g/mol. The lowest BCUT2D eigenvalue weighted by atomic mass is 9.94. The summed E-state index contributed by atoms with van der Waals surface area (Å²) in [5.74, 6) is -0.771. The topological polar surface area (TPSA) is 109 Å². The molecule has 0 unspecified atom stereocenters. The van der Waals surface area contributed by atoms with Crippen LogP contribution in [-0.2, 0) is 14.3 Å². The third-order valence-corrected chi connectivity index (χ3v) is 7.24. The molecule has 39 heavy (non-hydrogen) atoms. The molecule has 0 aromatic heterocycles. The standard InChI is InChI=1S/C30H38N2O7/c1-4-5-15-39-24-10-8-22(18-20(24)2)28(34)26-27(21-7-9-23(33)25(19-21)37-3)32(30(36)29(26)35)12-6-11-31-13-16-38-17-14-31/h7-10,18-19,27,33-34H,4-6,11-17H2,1-3H3/b28-26+/t27-/m1/s1. The number of aliphatic hydroxyl groups is 1. The predicted octanol–water partition coefficient (Wildman–Crippen LogP) is 4.03. The van der Waals surface area contributed by atoms with Gasteiger partial charge in [0.05, 0.1) is 38.5 Å². The van der Waals surface area contributed by atoms with E-state index in [9.17, 15) is 19.8 Å². The summed E-state index contributed by atoms with van der Waals surface area (Å²) in [6.07, 6.45) is 2.61. The highest BCUT2D eigenvalue weighted by molar-refractivity contribution is 6.46. The molecule has 2 aromatic carbocycles. The average Bonchev–Trinajstić information content (AvgIpc) is 3.19. The van der Waals surface area contributed by atoms with Crippen LogP contribution in [-0.4, -0.2) is 84.8 Å². The Kier molecular flexibility index (Phi) is 9.48. The molecular weight excluding hydrogens is 500 g/mol. The second-order valence-electron chi connectivity index (χ2n) is 9.91. The molecule has 1 amide bonds. The Morgan fingerprint density at radius 2 is 1.82 bits per heavy atom. The fourth-order valence-electron chi connectivity index (χ4n) is 5.05. The monoisotopic (exact) mass is 538 g/mol. The van der Waals surface area contributed by atoms with Crippen LogP contribution in [0.4, 0.5) is 0 Å². The van der Waals surface area contributed by atoms with E-state index in [2.05, 4.69) is 11.8 Å². The highest BCUT2D eigenvalue weighted by Gasteiger charge is 2.46. The third kappa shape index (κ3) is 6.37. The van der Waals surface area contributed by atoms with Crippen molar-refractivity contribution in [3.8, 4) is 17.2 Å². The number of morpholine rings is 1. The van der Waals surface area contributed by atoms with Crippen LogP contribution in [0.25, 0.3) is 5.76 Å². The number of Topliss-reactive ketones (excluding diaryl/α,β-unsaturated/α-hetero) is 1. The summed E-state index contributed by atoms with van der Waals surface area (Å²) in [4.78, 5) is 30.5. The van der Waals surface area contributed by atoms with Gasteiger partial charge < -0.3 is 29.3 Å². The Labute approximate surface area is 229 Å². The van der Waals surface area contributed by atoms with Gasteiger partial charge in [0.15, 0.2) is 11.5 Å². The Morgan fingerprint density at radius 1 is 1.05 bits per heavy atom. The number of likely N-dealkylation sites (tertiary alicyclic amines) is 1. The number of carbonyl (C=O) groups excluding carboxylic acids is 2. The maximum atomic E-state index is 13.4. The molecular formula is C30H38N2O7. The molecule has 0 saturated carbocycles. The molecule has 210 valence electrons. The number of ketones is 1. The van der Waals surface area contributed by atoms with Gasteiger partial charge >= 0.3 is 0 Å². The highest BCUT2D eigenvalue weighted by Crippen LogP contribution is 2.42. The third-order valence-electron chi connectivity index (χ3n) is 7.24. The van der Waals surface area contributed by atoms with Gasteiger partial charge in [0.2, 0.25) is 0 Å². The zero-order valence-electron chi connectivity index (χ0n) is 22.9. The number of hydrogen-bond acceptors (Lipinski definition) is 8. The SMILES string of the molecule is CCCCOc1ccc(/C(O)=C2\C(=O)C(=O)N(CCCN3CCOCC3)[C@@H]2c2ccc(O)c(OC)c2)cc1C. The van der Waals surface area contributed by atoms with Crippen molar-refractivity contribution in [2.45, 2.75) is 39.2 Å². The molecule has 0 spiro atoms. The molecule has 4 rings (SSSR count). The van der Waals surface area contributed by atoms with Gasteiger partial charge in [0.25, 0.3) is 11.7 Å². The molecule has 0 aliphatic carbocycles. The number of aliphatic hydroxyl groups excluding tert-OH is 1. The first-order valence-corrected chi connectivity index (χ1v) is 13.5. The number of phenolic OH excluding ortho intramolecular Hbond substituents is 1. The van der Waals surface area contributed by atoms with E-state index >= 15 is 0 Å². The van der Waals surface area contributed by atoms with Crippen molar-refractivity contribution in [1.82, 2.24) is 9.80 Å². The quantitative estimate of drug-likeness (QED) is 0.191. The van der Waals surface area contributed by atoms with E-state index in [1.165, 1.54) is 18.1 Å². The largest absolute Gasteiger partial charge is 0.507 e. The summed E-state index contributed by atoms with van der Waals surface area (Å²) >= 11 is 0. The highest BCUT2D eigenvalue weighted by atomic mass is 16.5. The molecule has 2 N–H and O–H groups in total. The number of methoxy groups -OCH3 is 1. The molecule has 2 aliphatic rings. The van der Waals surface area contributed by atoms with Crippen LogP contribution < -0.4 is 9.47 Å². The number of amides is 1. The Balaban J connectivity index is 1.68. The summed E-state index contributed by atoms with van der Waals surface area (Å²) < 4.78 is 16.5. The number of phenols is 1. The van der Waals surface area contributed by atoms with Gasteiger partial charge in [-0.15, -0.1) is 0 Å². The van der Waals surface area contributed by atoms with Gasteiger partial charge in [-0.3, -0.25) is 14.5 Å². The Hall–Kier alpha value is -3.56. The molecule has 9 nitrogen and oxygen atoms in total. The first-order valence-electron chi connectivity index (χ1n) is 13.5. The number of ether oxygens (including phenoxy) is 3. The maximum absolute atomic E-state index is 13.4. The molecule has 2 saturated heterocycles. The fourth-order valence-corrected chi connectivity index (χ4v) is 5.05. The van der Waals surface area contributed by atoms with E-state index in [-0.39, 0.29) is 22.8 Å². The molecule has 9 heteroatoms. The van der Waals surface area contributed by atoms with Crippen molar-refractivity contribution in [2.24, 2.45) is 0 Å². The summed E-state index contributed by atoms with van der Waals surface area (Å²) in [5.41, 5.74) is 1.82. The Bertz CT molecular complexity index is 1220. The van der Waals surface area contributed by atoms with Crippen molar-refractivity contribution in [3.05, 3.63) is 58.7 Å². The van der Waals surface area contributed by atoms with Crippen molar-refractivity contribution < 1.29 is 34.0 Å². The molecule has 2 aliphatic heterocycles. The minimum absolute atomic E-state index is 0.0122. The van der Waals surface area contributed by atoms with Gasteiger partial charge in [0.1, 0.15) is 11.5 Å². The zero-order chi connectivity index (χ0) is 27.9. The second kappa shape index (κ2) is 13.0. The molecule has 0 radical (unpaired) electrons. The number of aryl methyl sites for hydroxylation is 1. The van der Waals surface area contributed by atoms with Gasteiger partial charge in [0, 0.05) is 31.7 Å². The first kappa shape index (κ1) is 28.4. The number of carbonyl (C=O) groups is 2. The number of hydrogen-bond donors (Lipinski definition) is 2. The van der Waals surface area contributed by atoms with E-state index in [0.29, 0.717) is 49.7 Å². The lowest BCUT2D eigenvalue weighted by molar-refractivity contribution is -0.140. The maximum Gasteiger partial charge on any atom is 0.295 e. The lowest BCUT2D eigenvalue weighted by Crippen LogP contribution is -2.38. The van der Waals surface area contributed by atoms with Gasteiger partial charge in [-0.1, -0.05) is 19.4 Å². The Morgan fingerprint density at radius 3 is 2.51 bits per heavy atom. The van der Waals surface area contributed by atoms with Crippen LogP contribution in [0.15, 0.2) is 42.0 Å². The van der Waals surface area contributed by atoms with Crippen molar-refractivity contribution in [1.29, 1.82) is 0 Å². The van der Waals surface area contributed by atoms with Crippen LogP contribution in [0.5, 0.6) is 17.2 Å². The van der Waals surface area contributed by atoms with Crippen LogP contribution in [0, 0.1) is 6.92 Å². The van der Waals surface area contributed by atoms with Crippen molar-refractivity contribution >= 4 is 17.4 Å². The van der Waals surface area contributed by atoms with Crippen LogP contribution in [0.3, 0.4) is 0 Å². The van der Waals surface area contributed by atoms with Crippen LogP contribution in [0.2, 0.25) is 0 Å². The van der Waals surface area contributed by atoms with Crippen LogP contribution >= 0.6 is 0 Å². The molecule has 2 fully saturated rings. The normalized spacial score (nSPS) is 19.5. The van der Waals surface area contributed by atoms with Gasteiger partial charge in [-0.25, -0.2) is 0 Å². The predicted molar refractivity (Wildman–Crippen MR) is 147 cm³/mol. The summed E-state index contributed by atoms with van der Waals surface area (Å²) in [7, 11) is 1.44. The minimum Gasteiger partial charge on any atom is -0.507 e. The van der Waals surface area contributed by atoms with Crippen LogP contribution in [0.1, 0.15) is 48.9 Å². The fraction of sp³-hybridized carbons (Fsp3) is 0.467. The summed E-state index contributed by atoms with van der Waals surface area (Å²) in [5, 5.41) is 21.6. The first-order chi connectivity index (χ1) is 18.8. The van der Waals surface area contributed by atoms with E-state index in [1.807, 2.05) is 6.92 Å². The lowest BCUT2D eigenvalue weighted by Gasteiger charge is -2.29. The van der Waals surface area contributed by atoms with E-state index < -0.39 is 17.7 Å². The van der Waals surface area contributed by atoms with E-state index in [0.717, 1.165) is 38.0 Å². The molecule has 0 bridgehead atoms. The number of benzene rings is 2. The number of nitrogens with zero attached hydrogens (tertiary/aromatic N) is 2. The van der Waals surface area contributed by atoms with E-state index in [4.69, 9.17) is 14.2 Å². The number of unbranched alkanes of at least 4 members (excludes halogenated alkanes) is 1. The number of rotatable bonds is 11. The second-order valence-corrected chi connectivity index (χ2v) is 9.91. The number of aromatic hydroxyl groups is 1. The van der Waals surface area contributed by atoms with Gasteiger partial charge in [-0.05, 0) is 61.2 Å². The smallest absolute Gasteiger partial charge is 0.295 e. The van der Waals surface area contributed by atoms with Crippen molar-refractivity contribution in [3.63, 3.8) is 0 Å². The van der Waals surface area contributed by atoms with Crippen molar-refractivity contribution in [2.75, 3.05) is 53.1 Å². The van der Waals surface area contributed by atoms with E-state index in [1.54, 1.807) is 30.3 Å². The molecule has 2 aromatic rings. The summed E-state index contributed by atoms with van der Waals surface area (Å²) in [6, 6.07) is 9.12. The summed E-state index contributed by atoms with van der Waals surface area (Å²) in [6.45, 7) is 8.68. The van der Waals surface area contributed by atoms with Gasteiger partial charge in [-0.2, -0.15) is 0 Å². The molecule has 1 atom stereocenters. The molecule has 2 heterocycles. The zero-order valence-corrected chi connectivity index (χ0v) is 22.9.